The zero-order valence-electron chi connectivity index (χ0n) is 16.9. The molecule has 2 atom stereocenters. The van der Waals surface area contributed by atoms with Gasteiger partial charge in [0.25, 0.3) is 5.56 Å². The molecule has 0 saturated carbocycles. The highest BCUT2D eigenvalue weighted by molar-refractivity contribution is 5.94. The molecule has 0 saturated heterocycles. The minimum absolute atomic E-state index is 0.164. The van der Waals surface area contributed by atoms with Crippen molar-refractivity contribution in [2.24, 2.45) is 0 Å². The molecule has 0 radical (unpaired) electrons. The molecule has 2 unspecified atom stereocenters. The number of benzene rings is 1. The fourth-order valence-corrected chi connectivity index (χ4v) is 3.73. The third-order valence-corrected chi connectivity index (χ3v) is 5.57. The van der Waals surface area contributed by atoms with Crippen LogP contribution in [0.1, 0.15) is 42.6 Å². The minimum atomic E-state index is -0.359. The molecule has 150 valence electrons. The van der Waals surface area contributed by atoms with E-state index in [0.29, 0.717) is 24.8 Å². The number of carbonyl (C=O) groups excluding carboxylic acids is 1. The standard InChI is InChI=1S/C22H30N4O2/c1-15-11-12-20(25-21(27)16(2)23-3)22(28)26(15)14-13-24-19-10-6-8-17-7-4-5-9-18(17)19/h4-5,7,9,11-12,16,19,23-24H,6,8,10,13-14H2,1-3H3,(H,25,27). The quantitative estimate of drug-likeness (QED) is 0.687. The van der Waals surface area contributed by atoms with Crippen LogP contribution >= 0.6 is 0 Å². The van der Waals surface area contributed by atoms with Crippen molar-refractivity contribution in [3.63, 3.8) is 0 Å². The largest absolute Gasteiger partial charge is 0.320 e. The van der Waals surface area contributed by atoms with Crippen LogP contribution in [0.5, 0.6) is 0 Å². The predicted octanol–water partition coefficient (Wildman–Crippen LogP) is 2.37. The Morgan fingerprint density at radius 1 is 1.25 bits per heavy atom. The van der Waals surface area contributed by atoms with Gasteiger partial charge in [-0.1, -0.05) is 24.3 Å². The highest BCUT2D eigenvalue weighted by atomic mass is 16.2. The van der Waals surface area contributed by atoms with Gasteiger partial charge in [-0.2, -0.15) is 0 Å². The van der Waals surface area contributed by atoms with E-state index in [1.807, 2.05) is 13.0 Å². The summed E-state index contributed by atoms with van der Waals surface area (Å²) in [4.78, 5) is 24.9. The third kappa shape index (κ3) is 4.51. The lowest BCUT2D eigenvalue weighted by atomic mass is 9.88. The Bertz CT molecular complexity index is 890. The number of carbonyl (C=O) groups is 1. The van der Waals surface area contributed by atoms with Crippen molar-refractivity contribution in [2.45, 2.75) is 51.7 Å². The van der Waals surface area contributed by atoms with Gasteiger partial charge in [0.05, 0.1) is 6.04 Å². The molecule has 28 heavy (non-hydrogen) atoms. The van der Waals surface area contributed by atoms with E-state index in [0.717, 1.165) is 18.5 Å². The molecule has 1 amide bonds. The number of hydrogen-bond donors (Lipinski definition) is 3. The van der Waals surface area contributed by atoms with Crippen molar-refractivity contribution in [1.29, 1.82) is 0 Å². The fourth-order valence-electron chi connectivity index (χ4n) is 3.73. The van der Waals surface area contributed by atoms with Gasteiger partial charge in [0.2, 0.25) is 5.91 Å². The maximum Gasteiger partial charge on any atom is 0.274 e. The summed E-state index contributed by atoms with van der Waals surface area (Å²) in [6.07, 6.45) is 3.43. The number of anilines is 1. The summed E-state index contributed by atoms with van der Waals surface area (Å²) in [5, 5.41) is 9.22. The van der Waals surface area contributed by atoms with Gasteiger partial charge in [0.15, 0.2) is 0 Å². The average Bonchev–Trinajstić information content (AvgIpc) is 2.72. The molecular weight excluding hydrogens is 352 g/mol. The SMILES string of the molecule is CNC(C)C(=O)Nc1ccc(C)n(CCNC2CCCc3ccccc32)c1=O. The zero-order valence-corrected chi connectivity index (χ0v) is 16.9. The monoisotopic (exact) mass is 382 g/mol. The molecule has 1 aliphatic carbocycles. The number of nitrogens with one attached hydrogen (secondary N) is 3. The third-order valence-electron chi connectivity index (χ3n) is 5.57. The van der Waals surface area contributed by atoms with E-state index in [1.54, 1.807) is 24.6 Å². The normalized spacial score (nSPS) is 17.0. The summed E-state index contributed by atoms with van der Waals surface area (Å²) in [6.45, 7) is 4.94. The van der Waals surface area contributed by atoms with Crippen LogP contribution in [0.3, 0.4) is 0 Å². The van der Waals surface area contributed by atoms with E-state index >= 15 is 0 Å². The van der Waals surface area contributed by atoms with Gasteiger partial charge in [-0.15, -0.1) is 0 Å². The maximum atomic E-state index is 12.8. The Labute approximate surface area is 166 Å². The van der Waals surface area contributed by atoms with Gasteiger partial charge in [-0.05, 0) is 63.4 Å². The van der Waals surface area contributed by atoms with E-state index in [2.05, 4.69) is 40.2 Å². The first kappa shape index (κ1) is 20.3. The van der Waals surface area contributed by atoms with E-state index in [-0.39, 0.29) is 17.5 Å². The Morgan fingerprint density at radius 2 is 2.04 bits per heavy atom. The van der Waals surface area contributed by atoms with Crippen molar-refractivity contribution in [3.05, 3.63) is 63.6 Å². The Morgan fingerprint density at radius 3 is 2.82 bits per heavy atom. The number of hydrogen-bond acceptors (Lipinski definition) is 4. The molecule has 3 rings (SSSR count). The van der Waals surface area contributed by atoms with Crippen LogP contribution in [-0.2, 0) is 17.8 Å². The molecule has 0 fully saturated rings. The predicted molar refractivity (Wildman–Crippen MR) is 113 cm³/mol. The Hall–Kier alpha value is -2.44. The number of aromatic nitrogens is 1. The zero-order chi connectivity index (χ0) is 20.1. The molecule has 3 N–H and O–H groups in total. The van der Waals surface area contributed by atoms with Crippen LogP contribution in [0.4, 0.5) is 5.69 Å². The van der Waals surface area contributed by atoms with Gasteiger partial charge in [0, 0.05) is 24.8 Å². The first-order chi connectivity index (χ1) is 13.5. The van der Waals surface area contributed by atoms with Crippen LogP contribution in [-0.4, -0.2) is 30.1 Å². The second kappa shape index (κ2) is 9.17. The molecule has 1 aromatic carbocycles. The van der Waals surface area contributed by atoms with Gasteiger partial charge < -0.3 is 20.5 Å². The molecule has 0 bridgehead atoms. The van der Waals surface area contributed by atoms with Gasteiger partial charge in [0.1, 0.15) is 5.69 Å². The summed E-state index contributed by atoms with van der Waals surface area (Å²) in [6, 6.07) is 12.1. The lowest BCUT2D eigenvalue weighted by molar-refractivity contribution is -0.117. The molecule has 2 aromatic rings. The minimum Gasteiger partial charge on any atom is -0.320 e. The first-order valence-corrected chi connectivity index (χ1v) is 10.0. The van der Waals surface area contributed by atoms with Crippen LogP contribution in [0.25, 0.3) is 0 Å². The number of nitrogens with zero attached hydrogens (tertiary/aromatic N) is 1. The molecular formula is C22H30N4O2. The van der Waals surface area contributed by atoms with Crippen molar-refractivity contribution in [3.8, 4) is 0 Å². The smallest absolute Gasteiger partial charge is 0.274 e. The van der Waals surface area contributed by atoms with E-state index in [1.165, 1.54) is 17.5 Å². The molecule has 1 heterocycles. The molecule has 6 heteroatoms. The molecule has 0 aliphatic heterocycles. The molecule has 0 spiro atoms. The van der Waals surface area contributed by atoms with Crippen LogP contribution in [0.15, 0.2) is 41.2 Å². The Kier molecular flexibility index (Phi) is 6.65. The first-order valence-electron chi connectivity index (χ1n) is 10.0. The van der Waals surface area contributed by atoms with E-state index in [9.17, 15) is 9.59 Å². The summed E-state index contributed by atoms with van der Waals surface area (Å²) in [5.41, 5.74) is 3.83. The summed E-state index contributed by atoms with van der Waals surface area (Å²) in [5.74, 6) is -0.216. The summed E-state index contributed by atoms with van der Waals surface area (Å²) < 4.78 is 1.72. The highest BCUT2D eigenvalue weighted by Crippen LogP contribution is 2.29. The summed E-state index contributed by atoms with van der Waals surface area (Å²) >= 11 is 0. The maximum absolute atomic E-state index is 12.8. The van der Waals surface area contributed by atoms with Gasteiger partial charge in [-0.3, -0.25) is 9.59 Å². The average molecular weight is 383 g/mol. The Balaban J connectivity index is 1.67. The van der Waals surface area contributed by atoms with Gasteiger partial charge >= 0.3 is 0 Å². The lowest BCUT2D eigenvalue weighted by Crippen LogP contribution is -2.38. The fraction of sp³-hybridized carbons (Fsp3) is 0.455. The highest BCUT2D eigenvalue weighted by Gasteiger charge is 2.19. The number of aryl methyl sites for hydroxylation is 2. The lowest BCUT2D eigenvalue weighted by Gasteiger charge is -2.26. The topological polar surface area (TPSA) is 75.2 Å². The van der Waals surface area contributed by atoms with Crippen LogP contribution in [0, 0.1) is 6.92 Å². The van der Waals surface area contributed by atoms with Crippen molar-refractivity contribution < 1.29 is 4.79 Å². The van der Waals surface area contributed by atoms with Crippen molar-refractivity contribution >= 4 is 11.6 Å². The van der Waals surface area contributed by atoms with Crippen LogP contribution in [0.2, 0.25) is 0 Å². The summed E-state index contributed by atoms with van der Waals surface area (Å²) in [7, 11) is 1.72. The van der Waals surface area contributed by atoms with E-state index in [4.69, 9.17) is 0 Å². The van der Waals surface area contributed by atoms with Crippen molar-refractivity contribution in [2.75, 3.05) is 18.9 Å². The second-order valence-corrected chi connectivity index (χ2v) is 7.44. The molecule has 1 aromatic heterocycles. The number of likely N-dealkylation sites (N-methyl/N-ethyl adjacent to an activating group) is 1. The number of pyridine rings is 1. The number of amides is 1. The van der Waals surface area contributed by atoms with Crippen LogP contribution < -0.4 is 21.5 Å². The number of rotatable bonds is 7. The second-order valence-electron chi connectivity index (χ2n) is 7.44. The number of fused-ring (bicyclic) bond motifs is 1. The molecule has 6 nitrogen and oxygen atoms in total. The van der Waals surface area contributed by atoms with Crippen molar-refractivity contribution in [1.82, 2.24) is 15.2 Å². The van der Waals surface area contributed by atoms with Gasteiger partial charge in [-0.25, -0.2) is 0 Å². The molecule has 1 aliphatic rings. The van der Waals surface area contributed by atoms with E-state index < -0.39 is 0 Å².